The van der Waals surface area contributed by atoms with E-state index in [2.05, 4.69) is 33.6 Å². The number of benzene rings is 2. The second-order valence-electron chi connectivity index (χ2n) is 10.7. The van der Waals surface area contributed by atoms with Crippen molar-refractivity contribution < 1.29 is 41.2 Å². The summed E-state index contributed by atoms with van der Waals surface area (Å²) in [4.78, 5) is 30.1. The maximum absolute atomic E-state index is 15.3. The molecule has 2 aliphatic rings. The predicted octanol–water partition coefficient (Wildman–Crippen LogP) is 6.01. The van der Waals surface area contributed by atoms with E-state index in [1.165, 1.54) is 50.6 Å². The molecule has 1 amide bonds. The van der Waals surface area contributed by atoms with Gasteiger partial charge in [0, 0.05) is 25.1 Å². The number of nitrogens with zero attached hydrogens (tertiary/aromatic N) is 3. The van der Waals surface area contributed by atoms with Crippen LogP contribution in [0.25, 0.3) is 0 Å². The van der Waals surface area contributed by atoms with Crippen LogP contribution in [-0.2, 0) is 9.53 Å². The molecular formula is C28H31F4N4O4+. The average molecular weight is 564 g/mol. The van der Waals surface area contributed by atoms with E-state index in [1.807, 2.05) is 6.21 Å². The van der Waals surface area contributed by atoms with Crippen LogP contribution < -0.4 is 10.1 Å². The largest absolute Gasteiger partial charge is 0.573 e. The van der Waals surface area contributed by atoms with Crippen molar-refractivity contribution in [3.63, 3.8) is 0 Å². The van der Waals surface area contributed by atoms with Gasteiger partial charge in [0.2, 0.25) is 0 Å². The maximum atomic E-state index is 15.3. The average Bonchev–Trinajstić information content (AvgIpc) is 3.18. The molecule has 0 bridgehead atoms. The van der Waals surface area contributed by atoms with E-state index >= 15 is 4.39 Å². The Bertz CT molecular complexity index is 1350. The molecule has 4 rings (SSSR count). The van der Waals surface area contributed by atoms with Crippen LogP contribution in [0.5, 0.6) is 5.75 Å². The Balaban J connectivity index is 1.68. The minimum absolute atomic E-state index is 0.132. The first kappa shape index (κ1) is 29.0. The molecule has 1 N–H and O–H groups in total. The molecule has 1 heterocycles. The summed E-state index contributed by atoms with van der Waals surface area (Å²) in [6.45, 7) is 4.05. The minimum atomic E-state index is -4.81. The molecule has 8 nitrogen and oxygen atoms in total. The van der Waals surface area contributed by atoms with Crippen LogP contribution in [0.2, 0.25) is 0 Å². The highest BCUT2D eigenvalue weighted by atomic mass is 19.4. The number of fused-ring (bicyclic) bond motifs is 1. The zero-order valence-corrected chi connectivity index (χ0v) is 22.6. The smallest absolute Gasteiger partial charge is 0.468 e. The minimum Gasteiger partial charge on any atom is -0.468 e. The van der Waals surface area contributed by atoms with Crippen molar-refractivity contribution in [3.8, 4) is 5.75 Å². The third kappa shape index (κ3) is 6.97. The van der Waals surface area contributed by atoms with Crippen molar-refractivity contribution in [1.82, 2.24) is 4.90 Å². The first-order valence-electron chi connectivity index (χ1n) is 12.8. The van der Waals surface area contributed by atoms with Crippen molar-refractivity contribution in [2.75, 3.05) is 26.0 Å². The molecule has 0 saturated heterocycles. The molecule has 1 fully saturated rings. The van der Waals surface area contributed by atoms with Crippen LogP contribution in [0.3, 0.4) is 0 Å². The number of amides is 1. The molecule has 0 aromatic heterocycles. The molecule has 2 aromatic rings. The Kier molecular flexibility index (Phi) is 8.18. The molecule has 0 radical (unpaired) electrons. The van der Waals surface area contributed by atoms with Gasteiger partial charge in [0.05, 0.1) is 24.6 Å². The summed E-state index contributed by atoms with van der Waals surface area (Å²) < 4.78 is 63.2. The fourth-order valence-electron chi connectivity index (χ4n) is 5.02. The van der Waals surface area contributed by atoms with E-state index in [4.69, 9.17) is 0 Å². The Hall–Kier alpha value is -3.96. The van der Waals surface area contributed by atoms with Gasteiger partial charge in [-0.05, 0) is 48.9 Å². The number of halogens is 4. The SMILES string of the molecule is COC(=O)CN(C)C(=O)c1cc2c(cc1F)[N+](=CC1CCCC(C)(C)C1)C(Nc1ccc(OC(F)(F)F)cc1)=N2. The number of rotatable bonds is 6. The summed E-state index contributed by atoms with van der Waals surface area (Å²) in [6.07, 6.45) is 1.14. The Morgan fingerprint density at radius 1 is 1.23 bits per heavy atom. The van der Waals surface area contributed by atoms with Crippen molar-refractivity contribution in [3.05, 3.63) is 47.8 Å². The van der Waals surface area contributed by atoms with Crippen LogP contribution >= 0.6 is 0 Å². The standard InChI is InChI=1S/C28H31F4N4O4/c1-27(2)11-5-6-17(14-27)15-36-23-13-21(29)20(25(38)35(3)16-24(37)39-4)12-22(23)34-26(36)33-18-7-9-19(10-8-18)40-28(30,31)32/h7-10,12-13,15,17H,5-6,11,14,16H2,1-4H3,(H,33,34)/q+1. The Labute approximate surface area is 229 Å². The molecule has 1 aliphatic heterocycles. The second-order valence-corrected chi connectivity index (χ2v) is 10.7. The molecule has 214 valence electrons. The lowest BCUT2D eigenvalue weighted by atomic mass is 9.72. The van der Waals surface area contributed by atoms with Crippen molar-refractivity contribution in [1.29, 1.82) is 0 Å². The summed E-state index contributed by atoms with van der Waals surface area (Å²) >= 11 is 0. The monoisotopic (exact) mass is 563 g/mol. The van der Waals surface area contributed by atoms with Gasteiger partial charge in [-0.15, -0.1) is 13.2 Å². The fourth-order valence-corrected chi connectivity index (χ4v) is 5.02. The number of hydrogen-bond acceptors (Lipinski definition) is 6. The molecule has 1 aliphatic carbocycles. The van der Waals surface area contributed by atoms with E-state index in [0.717, 1.165) is 30.6 Å². The number of likely N-dealkylation sites (N-methyl/N-ethyl adjacent to an activating group) is 1. The molecule has 1 saturated carbocycles. The van der Waals surface area contributed by atoms with Gasteiger partial charge in [0.15, 0.2) is 11.4 Å². The molecule has 1 unspecified atom stereocenters. The molecular weight excluding hydrogens is 532 g/mol. The summed E-state index contributed by atoms with van der Waals surface area (Å²) in [6, 6.07) is 7.70. The zero-order chi connectivity index (χ0) is 29.2. The predicted molar refractivity (Wildman–Crippen MR) is 141 cm³/mol. The van der Waals surface area contributed by atoms with Gasteiger partial charge in [0.25, 0.3) is 5.91 Å². The number of hydrogen-bond donors (Lipinski definition) is 1. The highest BCUT2D eigenvalue weighted by Crippen LogP contribution is 2.40. The van der Waals surface area contributed by atoms with E-state index in [9.17, 15) is 22.8 Å². The second kappa shape index (κ2) is 11.3. The van der Waals surface area contributed by atoms with E-state index < -0.39 is 24.1 Å². The van der Waals surface area contributed by atoms with E-state index in [1.54, 1.807) is 4.58 Å². The van der Waals surface area contributed by atoms with Crippen molar-refractivity contribution in [2.24, 2.45) is 16.3 Å². The van der Waals surface area contributed by atoms with Crippen LogP contribution in [0, 0.1) is 17.2 Å². The van der Waals surface area contributed by atoms with Crippen LogP contribution in [0.15, 0.2) is 41.4 Å². The quantitative estimate of drug-likeness (QED) is 0.264. The third-order valence-electron chi connectivity index (χ3n) is 6.90. The first-order chi connectivity index (χ1) is 18.7. The molecule has 1 atom stereocenters. The number of anilines is 1. The maximum Gasteiger partial charge on any atom is 0.573 e. The van der Waals surface area contributed by atoms with Gasteiger partial charge >= 0.3 is 18.3 Å². The summed E-state index contributed by atoms with van der Waals surface area (Å²) in [5, 5.41) is 3.09. The Morgan fingerprint density at radius 2 is 1.93 bits per heavy atom. The number of nitrogens with one attached hydrogen (secondary N) is 1. The lowest BCUT2D eigenvalue weighted by molar-refractivity contribution is -0.298. The summed E-state index contributed by atoms with van der Waals surface area (Å²) in [7, 11) is 2.55. The van der Waals surface area contributed by atoms with Gasteiger partial charge in [-0.3, -0.25) is 9.59 Å². The first-order valence-corrected chi connectivity index (χ1v) is 12.8. The van der Waals surface area contributed by atoms with Crippen molar-refractivity contribution >= 4 is 41.1 Å². The van der Waals surface area contributed by atoms with Gasteiger partial charge in [-0.1, -0.05) is 25.3 Å². The van der Waals surface area contributed by atoms with Gasteiger partial charge in [-0.25, -0.2) is 14.3 Å². The van der Waals surface area contributed by atoms with Gasteiger partial charge in [0.1, 0.15) is 18.1 Å². The van der Waals surface area contributed by atoms with Gasteiger partial charge in [-0.2, -0.15) is 0 Å². The normalized spacial score (nSPS) is 19.1. The number of alkyl halides is 3. The van der Waals surface area contributed by atoms with Crippen LogP contribution in [0.1, 0.15) is 49.9 Å². The van der Waals surface area contributed by atoms with E-state index in [-0.39, 0.29) is 29.2 Å². The number of guanidine groups is 1. The number of carbonyl (C=O) groups is 2. The van der Waals surface area contributed by atoms with E-state index in [0.29, 0.717) is 23.0 Å². The number of carbonyl (C=O) groups excluding carboxylic acids is 2. The molecule has 2 aromatic carbocycles. The zero-order valence-electron chi connectivity index (χ0n) is 22.6. The highest BCUT2D eigenvalue weighted by molar-refractivity contribution is 6.01. The fraction of sp³-hybridized carbons (Fsp3) is 0.429. The number of methoxy groups -OCH3 is 1. The van der Waals surface area contributed by atoms with Gasteiger partial charge < -0.3 is 14.4 Å². The highest BCUT2D eigenvalue weighted by Gasteiger charge is 2.35. The molecule has 12 heteroatoms. The topological polar surface area (TPSA) is 83.2 Å². The summed E-state index contributed by atoms with van der Waals surface area (Å²) in [5.74, 6) is -2.05. The van der Waals surface area contributed by atoms with Crippen LogP contribution in [0.4, 0.5) is 34.6 Å². The number of esters is 1. The lowest BCUT2D eigenvalue weighted by Gasteiger charge is -2.33. The van der Waals surface area contributed by atoms with Crippen LogP contribution in [-0.4, -0.2) is 60.6 Å². The molecule has 40 heavy (non-hydrogen) atoms. The number of aliphatic imine (C=N–C) groups is 1. The molecule has 0 spiro atoms. The number of ether oxygens (including phenoxy) is 2. The van der Waals surface area contributed by atoms with Crippen molar-refractivity contribution in [2.45, 2.75) is 45.9 Å². The Morgan fingerprint density at radius 3 is 2.55 bits per heavy atom. The third-order valence-corrected chi connectivity index (χ3v) is 6.90. The lowest BCUT2D eigenvalue weighted by Crippen LogP contribution is -2.33. The summed E-state index contributed by atoms with van der Waals surface area (Å²) in [5.41, 5.74) is 1.03.